The van der Waals surface area contributed by atoms with Crippen molar-refractivity contribution in [1.82, 2.24) is 0 Å². The number of unbranched alkanes of at least 4 members (excludes halogenated alkanes) is 1. The van der Waals surface area contributed by atoms with Gasteiger partial charge in [-0.15, -0.1) is 0 Å². The van der Waals surface area contributed by atoms with E-state index in [9.17, 15) is 17.6 Å². The Balaban J connectivity index is 0.00000208. The van der Waals surface area contributed by atoms with E-state index in [1.165, 1.54) is 25.3 Å². The summed E-state index contributed by atoms with van der Waals surface area (Å²) in [7, 11) is 0. The molecule has 1 fully saturated rings. The van der Waals surface area contributed by atoms with Crippen LogP contribution in [0.3, 0.4) is 0 Å². The fourth-order valence-electron chi connectivity index (χ4n) is 4.51. The maximum atomic E-state index is 14.7. The van der Waals surface area contributed by atoms with E-state index >= 15 is 0 Å². The molecule has 3 rings (SSSR count). The second-order valence-corrected chi connectivity index (χ2v) is 7.25. The Kier molecular flexibility index (Phi) is 4.70. The second-order valence-electron chi connectivity index (χ2n) is 7.25. The van der Waals surface area contributed by atoms with Gasteiger partial charge in [0.25, 0.3) is 5.92 Å². The van der Waals surface area contributed by atoms with E-state index in [0.29, 0.717) is 5.92 Å². The van der Waals surface area contributed by atoms with Crippen molar-refractivity contribution in [2.24, 2.45) is 17.8 Å². The Hall–Kier alpha value is -1.06. The van der Waals surface area contributed by atoms with E-state index in [2.05, 4.69) is 6.92 Å². The molecule has 0 nitrogen and oxygen atoms in total. The third kappa shape index (κ3) is 3.01. The molecule has 4 heteroatoms. The quantitative estimate of drug-likeness (QED) is 0.555. The highest BCUT2D eigenvalue weighted by atomic mass is 19.3. The highest BCUT2D eigenvalue weighted by molar-refractivity contribution is 5.39. The first kappa shape index (κ1) is 16.8. The third-order valence-electron chi connectivity index (χ3n) is 5.85. The zero-order chi connectivity index (χ0) is 16.6. The summed E-state index contributed by atoms with van der Waals surface area (Å²) < 4.78 is 56.7. The van der Waals surface area contributed by atoms with Gasteiger partial charge in [0.15, 0.2) is 11.6 Å². The molecule has 0 spiro atoms. The van der Waals surface area contributed by atoms with E-state index in [1.54, 1.807) is 0 Å². The summed E-state index contributed by atoms with van der Waals surface area (Å²) in [4.78, 5) is 0. The van der Waals surface area contributed by atoms with Gasteiger partial charge in [0.1, 0.15) is 0 Å². The van der Waals surface area contributed by atoms with Crippen LogP contribution in [0.1, 0.15) is 64.4 Å². The fourth-order valence-corrected chi connectivity index (χ4v) is 4.51. The molecule has 1 unspecified atom stereocenters. The topological polar surface area (TPSA) is 0 Å². The molecule has 0 aromatic heterocycles. The lowest BCUT2D eigenvalue weighted by molar-refractivity contribution is -0.0843. The summed E-state index contributed by atoms with van der Waals surface area (Å²) in [5.74, 6) is -6.09. The molecule has 0 saturated heterocycles. The lowest BCUT2D eigenvalue weighted by Gasteiger charge is -2.34. The van der Waals surface area contributed by atoms with E-state index in [1.807, 2.05) is 0 Å². The van der Waals surface area contributed by atoms with E-state index in [0.717, 1.165) is 31.7 Å². The molecule has 0 radical (unpaired) electrons. The summed E-state index contributed by atoms with van der Waals surface area (Å²) in [6.07, 6.45) is 7.27. The minimum atomic E-state index is -3.25. The average Bonchev–Trinajstić information content (AvgIpc) is 2.81. The summed E-state index contributed by atoms with van der Waals surface area (Å²) in [5.41, 5.74) is -0.400. The molecule has 1 atom stereocenters. The lowest BCUT2D eigenvalue weighted by atomic mass is 9.73. The van der Waals surface area contributed by atoms with Gasteiger partial charge in [0, 0.05) is 7.34 Å². The maximum Gasteiger partial charge on any atom is 0.279 e. The van der Waals surface area contributed by atoms with Crippen LogP contribution in [0, 0.1) is 29.4 Å². The monoisotopic (exact) mass is 330 g/mol. The summed E-state index contributed by atoms with van der Waals surface area (Å²) >= 11 is 0. The predicted octanol–water partition coefficient (Wildman–Crippen LogP) is 6.47. The maximum absolute atomic E-state index is 14.7. The van der Waals surface area contributed by atoms with Crippen molar-refractivity contribution in [2.75, 3.05) is 0 Å². The first-order chi connectivity index (χ1) is 10.9. The first-order valence-electron chi connectivity index (χ1n) is 8.80. The van der Waals surface area contributed by atoms with Gasteiger partial charge in [0.05, 0.1) is 5.56 Å². The summed E-state index contributed by atoms with van der Waals surface area (Å²) in [6, 6.07) is 2.29. The van der Waals surface area contributed by atoms with Gasteiger partial charge in [-0.05, 0) is 42.7 Å². The average molecular weight is 330 g/mol. The molecule has 1 saturated carbocycles. The molecule has 0 heterocycles. The van der Waals surface area contributed by atoms with Gasteiger partial charge in [-0.25, -0.2) is 17.6 Å². The summed E-state index contributed by atoms with van der Waals surface area (Å²) in [5, 5.41) is 0. The van der Waals surface area contributed by atoms with Crippen molar-refractivity contribution in [3.63, 3.8) is 0 Å². The Morgan fingerprint density at radius 1 is 1.13 bits per heavy atom. The number of halogens is 4. The third-order valence-corrected chi connectivity index (χ3v) is 5.85. The molecule has 0 N–H and O–H groups in total. The number of benzene rings is 1. The molecular formula is C19H26F4. The molecule has 1 aromatic rings. The van der Waals surface area contributed by atoms with Crippen LogP contribution in [0.15, 0.2) is 12.1 Å². The van der Waals surface area contributed by atoms with Crippen LogP contribution in [0.2, 0.25) is 0 Å². The van der Waals surface area contributed by atoms with Crippen molar-refractivity contribution in [3.8, 4) is 0 Å². The van der Waals surface area contributed by atoms with Crippen LogP contribution in [0.4, 0.5) is 17.6 Å². The Labute approximate surface area is 136 Å². The number of alkyl halides is 2. The number of rotatable bonds is 4. The van der Waals surface area contributed by atoms with Crippen molar-refractivity contribution in [2.45, 2.75) is 64.2 Å². The van der Waals surface area contributed by atoms with Crippen LogP contribution < -0.4 is 0 Å². The van der Waals surface area contributed by atoms with Crippen LogP contribution in [0.25, 0.3) is 0 Å². The van der Waals surface area contributed by atoms with Crippen LogP contribution >= 0.6 is 0 Å². The SMILES string of the molecule is CCCCC1CCC(C2Cc3ccc(F)c(F)c3C2(F)F)CC1.[HH]. The molecule has 130 valence electrons. The van der Waals surface area contributed by atoms with E-state index in [4.69, 9.17) is 0 Å². The molecular weight excluding hydrogens is 304 g/mol. The molecule has 1 aromatic carbocycles. The van der Waals surface area contributed by atoms with Gasteiger partial charge in [-0.1, -0.05) is 45.1 Å². The zero-order valence-corrected chi connectivity index (χ0v) is 13.6. The zero-order valence-electron chi connectivity index (χ0n) is 13.6. The smallest absolute Gasteiger partial charge is 0.204 e. The standard InChI is InChI=1S/C19H24F4.H2/c1-2-3-4-12-5-7-13(8-6-12)15-11-14-9-10-16(20)18(21)17(14)19(15,22)23;/h9-10,12-13,15H,2-8,11H2,1H3;1H. The van der Waals surface area contributed by atoms with E-state index < -0.39 is 29.0 Å². The molecule has 0 bridgehead atoms. The molecule has 0 amide bonds. The van der Waals surface area contributed by atoms with Crippen LogP contribution in [-0.4, -0.2) is 0 Å². The van der Waals surface area contributed by atoms with E-state index in [-0.39, 0.29) is 19.3 Å². The molecule has 0 aliphatic heterocycles. The minimum Gasteiger partial charge on any atom is -0.204 e. The highest BCUT2D eigenvalue weighted by Gasteiger charge is 2.53. The lowest BCUT2D eigenvalue weighted by Crippen LogP contribution is -2.31. The number of hydrogen-bond acceptors (Lipinski definition) is 0. The van der Waals surface area contributed by atoms with Crippen LogP contribution in [-0.2, 0) is 12.3 Å². The number of hydrogen-bond donors (Lipinski definition) is 0. The van der Waals surface area contributed by atoms with Gasteiger partial charge in [-0.3, -0.25) is 0 Å². The summed E-state index contributed by atoms with van der Waals surface area (Å²) in [6.45, 7) is 2.16. The van der Waals surface area contributed by atoms with Crippen molar-refractivity contribution >= 4 is 0 Å². The highest BCUT2D eigenvalue weighted by Crippen LogP contribution is 2.53. The van der Waals surface area contributed by atoms with Gasteiger partial charge in [-0.2, -0.15) is 0 Å². The van der Waals surface area contributed by atoms with Crippen molar-refractivity contribution in [1.29, 1.82) is 0 Å². The Morgan fingerprint density at radius 2 is 1.83 bits per heavy atom. The van der Waals surface area contributed by atoms with Gasteiger partial charge >= 0.3 is 0 Å². The minimum absolute atomic E-state index is 0. The van der Waals surface area contributed by atoms with Gasteiger partial charge in [0.2, 0.25) is 0 Å². The molecule has 2 aliphatic carbocycles. The second kappa shape index (κ2) is 6.45. The van der Waals surface area contributed by atoms with Crippen molar-refractivity contribution < 1.29 is 19.0 Å². The first-order valence-corrected chi connectivity index (χ1v) is 8.80. The number of fused-ring (bicyclic) bond motifs is 1. The van der Waals surface area contributed by atoms with Gasteiger partial charge < -0.3 is 0 Å². The fraction of sp³-hybridized carbons (Fsp3) is 0.684. The Morgan fingerprint density at radius 3 is 2.48 bits per heavy atom. The van der Waals surface area contributed by atoms with Crippen LogP contribution in [0.5, 0.6) is 0 Å². The largest absolute Gasteiger partial charge is 0.279 e. The predicted molar refractivity (Wildman–Crippen MR) is 84.5 cm³/mol. The van der Waals surface area contributed by atoms with Crippen molar-refractivity contribution in [3.05, 3.63) is 34.9 Å². The normalized spacial score (nSPS) is 29.5. The molecule has 2 aliphatic rings. The Bertz CT molecular complexity index is 565. The molecule has 23 heavy (non-hydrogen) atoms.